The van der Waals surface area contributed by atoms with Crippen LogP contribution in [0.3, 0.4) is 0 Å². The fourth-order valence-corrected chi connectivity index (χ4v) is 10.4. The Bertz CT molecular complexity index is 1290. The molecule has 17 atom stereocenters. The molecule has 0 N–H and O–H groups in total. The molecule has 0 amide bonds. The van der Waals surface area contributed by atoms with Crippen molar-refractivity contribution in [2.24, 2.45) is 35.5 Å². The molecule has 11 nitrogen and oxygen atoms in total. The van der Waals surface area contributed by atoms with Gasteiger partial charge in [-0.1, -0.05) is 32.1 Å². The Kier molecular flexibility index (Phi) is 13.4. The van der Waals surface area contributed by atoms with Crippen molar-refractivity contribution in [1.29, 1.82) is 0 Å². The number of methoxy groups -OCH3 is 3. The van der Waals surface area contributed by atoms with Gasteiger partial charge in [0, 0.05) is 39.2 Å². The number of allylic oxidation sites excluding steroid dienone is 4. The minimum Gasteiger partial charge on any atom is -0.462 e. The highest BCUT2D eigenvalue weighted by Crippen LogP contribution is 2.54. The molecule has 3 heterocycles. The first kappa shape index (κ1) is 40.0. The Morgan fingerprint density at radius 1 is 0.827 bits per heavy atom. The van der Waals surface area contributed by atoms with E-state index in [-0.39, 0.29) is 96.8 Å². The van der Waals surface area contributed by atoms with Gasteiger partial charge in [0.1, 0.15) is 24.4 Å². The highest BCUT2D eigenvalue weighted by Gasteiger charge is 2.52. The molecule has 3 saturated heterocycles. The zero-order chi connectivity index (χ0) is 37.3. The van der Waals surface area contributed by atoms with Gasteiger partial charge in [0.2, 0.25) is 0 Å². The van der Waals surface area contributed by atoms with E-state index >= 15 is 0 Å². The fraction of sp³-hybridized carbons (Fsp3) is 0.854. The van der Waals surface area contributed by atoms with E-state index in [2.05, 4.69) is 51.1 Å². The predicted molar refractivity (Wildman–Crippen MR) is 194 cm³/mol. The van der Waals surface area contributed by atoms with Crippen molar-refractivity contribution in [3.63, 3.8) is 0 Å². The van der Waals surface area contributed by atoms with E-state index in [1.54, 1.807) is 21.3 Å². The summed E-state index contributed by atoms with van der Waals surface area (Å²) in [5.41, 5.74) is 0.763. The minimum absolute atomic E-state index is 0.0380. The van der Waals surface area contributed by atoms with Crippen LogP contribution in [0.15, 0.2) is 23.8 Å². The average Bonchev–Trinajstić information content (AvgIpc) is 3.70. The summed E-state index contributed by atoms with van der Waals surface area (Å²) in [7, 11) is 9.15. The van der Waals surface area contributed by atoms with Crippen molar-refractivity contribution in [1.82, 2.24) is 4.90 Å². The van der Waals surface area contributed by atoms with E-state index in [0.29, 0.717) is 18.4 Å². The zero-order valence-corrected chi connectivity index (χ0v) is 32.9. The van der Waals surface area contributed by atoms with Crippen LogP contribution in [0.2, 0.25) is 0 Å². The first-order valence-corrected chi connectivity index (χ1v) is 20.0. The zero-order valence-electron chi connectivity index (χ0n) is 32.9. The molecule has 6 rings (SSSR count). The number of carbonyl (C=O) groups is 2. The van der Waals surface area contributed by atoms with Crippen molar-refractivity contribution in [2.75, 3.05) is 35.4 Å². The predicted octanol–water partition coefficient (Wildman–Crippen LogP) is 5.49. The lowest BCUT2D eigenvalue weighted by Gasteiger charge is -2.44. The number of cyclic esters (lactones) is 1. The summed E-state index contributed by atoms with van der Waals surface area (Å²) in [6.45, 7) is 8.17. The molecule has 0 spiro atoms. The first-order valence-electron chi connectivity index (χ1n) is 20.0. The number of Topliss-reactive ketones (excluding diaryl/α,β-unsaturated/α-hetero) is 1. The molecule has 4 fully saturated rings. The van der Waals surface area contributed by atoms with Crippen LogP contribution < -0.4 is 0 Å². The molecule has 6 aliphatic rings. The van der Waals surface area contributed by atoms with Crippen molar-refractivity contribution in [3.05, 3.63) is 23.8 Å². The van der Waals surface area contributed by atoms with Gasteiger partial charge in [-0.15, -0.1) is 0 Å². The molecule has 11 heteroatoms. The molecule has 3 aliphatic carbocycles. The Labute approximate surface area is 311 Å². The van der Waals surface area contributed by atoms with Crippen molar-refractivity contribution >= 4 is 11.8 Å². The van der Waals surface area contributed by atoms with Crippen LogP contribution in [0.1, 0.15) is 85.5 Å². The highest BCUT2D eigenvalue weighted by atomic mass is 16.7. The molecule has 1 saturated carbocycles. The van der Waals surface area contributed by atoms with Gasteiger partial charge in [0.25, 0.3) is 0 Å². The van der Waals surface area contributed by atoms with Crippen LogP contribution in [0, 0.1) is 35.5 Å². The Morgan fingerprint density at radius 2 is 1.58 bits per heavy atom. The molecular formula is C41H65NO10. The lowest BCUT2D eigenvalue weighted by atomic mass is 9.70. The first-order chi connectivity index (χ1) is 25.0. The number of ether oxygens (including phenoxy) is 8. The summed E-state index contributed by atoms with van der Waals surface area (Å²) in [5.74, 6) is 0.0198. The van der Waals surface area contributed by atoms with E-state index < -0.39 is 12.4 Å². The van der Waals surface area contributed by atoms with Gasteiger partial charge in [-0.25, -0.2) is 0 Å². The highest BCUT2D eigenvalue weighted by molar-refractivity contribution is 5.99. The van der Waals surface area contributed by atoms with Gasteiger partial charge in [-0.05, 0) is 109 Å². The lowest BCUT2D eigenvalue weighted by Crippen LogP contribution is -2.59. The minimum atomic E-state index is -0.594. The maximum atomic E-state index is 14.7. The third-order valence-electron chi connectivity index (χ3n) is 13.3. The van der Waals surface area contributed by atoms with Crippen LogP contribution in [-0.4, -0.2) is 120 Å². The quantitative estimate of drug-likeness (QED) is 0.222. The standard InChI is InChI=1S/C41H65NO10/c1-10-26-12-11-13-34(52-36-17-16-33(42(5)6)23(3)48-36)22(2)37(44)32-20-30-28(31(32)21-35(43)50-26)15-14-25-18-27(19-29(25)30)51-41-40(47-9)39(46-8)38(45-7)24(4)49-41/h14-15,20,22-31,33-34,36,38-41H,10-13,16-19,21H2,1-9H3/t22-,23+,24-,25+,26+,27+,28+,29+,30+,31-,33-,34-,36-,38-,39+,40+,41-/m1/s1. The van der Waals surface area contributed by atoms with Crippen LogP contribution in [0.5, 0.6) is 0 Å². The van der Waals surface area contributed by atoms with Crippen molar-refractivity contribution in [2.45, 2.75) is 153 Å². The molecule has 0 radical (unpaired) electrons. The number of ketones is 1. The van der Waals surface area contributed by atoms with Crippen molar-refractivity contribution < 1.29 is 47.5 Å². The Hall–Kier alpha value is -1.70. The molecule has 0 aromatic heterocycles. The molecule has 0 aromatic carbocycles. The second kappa shape index (κ2) is 17.4. The van der Waals surface area contributed by atoms with Gasteiger partial charge >= 0.3 is 5.97 Å². The summed E-state index contributed by atoms with van der Waals surface area (Å²) < 4.78 is 49.5. The van der Waals surface area contributed by atoms with Gasteiger partial charge in [-0.3, -0.25) is 9.59 Å². The Balaban J connectivity index is 1.20. The molecule has 3 aliphatic heterocycles. The van der Waals surface area contributed by atoms with E-state index in [9.17, 15) is 9.59 Å². The van der Waals surface area contributed by atoms with Crippen LogP contribution in [-0.2, 0) is 47.5 Å². The fourth-order valence-electron chi connectivity index (χ4n) is 10.4. The van der Waals surface area contributed by atoms with Crippen molar-refractivity contribution in [3.8, 4) is 0 Å². The van der Waals surface area contributed by atoms with Gasteiger partial charge in [-0.2, -0.15) is 0 Å². The molecular weight excluding hydrogens is 666 g/mol. The molecule has 52 heavy (non-hydrogen) atoms. The third kappa shape index (κ3) is 8.27. The molecule has 0 bridgehead atoms. The summed E-state index contributed by atoms with van der Waals surface area (Å²) in [6.07, 6.45) is 10.8. The van der Waals surface area contributed by atoms with E-state index in [0.717, 1.165) is 50.5 Å². The van der Waals surface area contributed by atoms with Crippen LogP contribution in [0.4, 0.5) is 0 Å². The summed E-state index contributed by atoms with van der Waals surface area (Å²) in [4.78, 5) is 30.4. The number of fused-ring (bicyclic) bond motifs is 5. The largest absolute Gasteiger partial charge is 0.462 e. The second-order valence-corrected chi connectivity index (χ2v) is 16.5. The maximum absolute atomic E-state index is 14.7. The summed E-state index contributed by atoms with van der Waals surface area (Å²) in [6, 6.07) is 0.339. The van der Waals surface area contributed by atoms with Crippen LogP contribution >= 0.6 is 0 Å². The third-order valence-corrected chi connectivity index (χ3v) is 13.3. The average molecular weight is 732 g/mol. The van der Waals surface area contributed by atoms with Gasteiger partial charge in [0.05, 0.1) is 30.8 Å². The number of nitrogens with zero attached hydrogens (tertiary/aromatic N) is 1. The smallest absolute Gasteiger partial charge is 0.306 e. The topological polar surface area (TPSA) is 111 Å². The second-order valence-electron chi connectivity index (χ2n) is 16.5. The molecule has 294 valence electrons. The number of esters is 1. The van der Waals surface area contributed by atoms with Gasteiger partial charge < -0.3 is 42.8 Å². The number of hydrogen-bond donors (Lipinski definition) is 0. The van der Waals surface area contributed by atoms with Crippen LogP contribution in [0.25, 0.3) is 0 Å². The van der Waals surface area contributed by atoms with Gasteiger partial charge in [0.15, 0.2) is 18.4 Å². The maximum Gasteiger partial charge on any atom is 0.306 e. The van der Waals surface area contributed by atoms with E-state index in [1.807, 2.05) is 13.8 Å². The SMILES string of the molecule is CC[C@H]1CCC[C@@H](O[C@@H]2CC[C@@H](N(C)C)[C@H](C)O2)[C@@H](C)C(=O)C2=C[C@H]3[C@H](C=C[C@H]4C[C@H](O[C@H]5O[C@H](C)[C@@H](OC)[C@H](OC)[C@@H]5OC)C[C@H]34)[C@H]2CC(=O)O1. The summed E-state index contributed by atoms with van der Waals surface area (Å²) in [5, 5.41) is 0. The number of rotatable bonds is 9. The number of hydrogen-bond acceptors (Lipinski definition) is 11. The lowest BCUT2D eigenvalue weighted by molar-refractivity contribution is -0.314. The van der Waals surface area contributed by atoms with E-state index in [1.165, 1.54) is 0 Å². The normalized spacial score (nSPS) is 45.7. The number of likely N-dealkylation sites (N-methyl/N-ethyl adjacent to an activating group) is 1. The monoisotopic (exact) mass is 731 g/mol. The molecule has 0 aromatic rings. The summed E-state index contributed by atoms with van der Waals surface area (Å²) >= 11 is 0. The number of carbonyl (C=O) groups excluding carboxylic acids is 2. The Morgan fingerprint density at radius 3 is 2.25 bits per heavy atom. The molecule has 0 unspecified atom stereocenters. The van der Waals surface area contributed by atoms with E-state index in [4.69, 9.17) is 37.9 Å².